The molecule has 1 unspecified atom stereocenters. The highest BCUT2D eigenvalue weighted by molar-refractivity contribution is 5.91. The first-order chi connectivity index (χ1) is 13.4. The number of hydrogen-bond acceptors (Lipinski definition) is 4. The van der Waals surface area contributed by atoms with Crippen LogP contribution in [0.15, 0.2) is 66.9 Å². The zero-order chi connectivity index (χ0) is 18.1. The molecule has 0 saturated carbocycles. The van der Waals surface area contributed by atoms with E-state index in [2.05, 4.69) is 33.7 Å². The Labute approximate surface area is 157 Å². The van der Waals surface area contributed by atoms with E-state index in [-0.39, 0.29) is 0 Å². The number of aromatic nitrogens is 3. The van der Waals surface area contributed by atoms with Crippen LogP contribution in [0.25, 0.3) is 22.2 Å². The third-order valence-electron chi connectivity index (χ3n) is 5.04. The SMILES string of the molecule is c1ccc(Oc2ccc(-c3nc(C4CCNC4)cc4cn[nH]c34)cc2)cc1. The lowest BCUT2D eigenvalue weighted by atomic mass is 10.0. The zero-order valence-corrected chi connectivity index (χ0v) is 14.9. The predicted octanol–water partition coefficient (Wildman–Crippen LogP) is 4.49. The largest absolute Gasteiger partial charge is 0.457 e. The van der Waals surface area contributed by atoms with Crippen LogP contribution in [0.4, 0.5) is 0 Å². The minimum Gasteiger partial charge on any atom is -0.457 e. The topological polar surface area (TPSA) is 62.8 Å². The van der Waals surface area contributed by atoms with Crippen molar-refractivity contribution in [2.24, 2.45) is 0 Å². The van der Waals surface area contributed by atoms with Gasteiger partial charge in [0.1, 0.15) is 11.5 Å². The average Bonchev–Trinajstić information content (AvgIpc) is 3.40. The van der Waals surface area contributed by atoms with Crippen molar-refractivity contribution in [2.75, 3.05) is 13.1 Å². The van der Waals surface area contributed by atoms with Gasteiger partial charge in [-0.25, -0.2) is 0 Å². The molecule has 0 spiro atoms. The van der Waals surface area contributed by atoms with Gasteiger partial charge in [0.25, 0.3) is 0 Å². The molecular formula is C22H20N4O. The smallest absolute Gasteiger partial charge is 0.127 e. The number of rotatable bonds is 4. The predicted molar refractivity (Wildman–Crippen MR) is 106 cm³/mol. The van der Waals surface area contributed by atoms with Crippen LogP contribution in [0.5, 0.6) is 11.5 Å². The van der Waals surface area contributed by atoms with E-state index in [1.54, 1.807) is 0 Å². The Morgan fingerprint density at radius 3 is 2.56 bits per heavy atom. The van der Waals surface area contributed by atoms with Crippen LogP contribution in [-0.2, 0) is 0 Å². The maximum atomic E-state index is 5.90. The Morgan fingerprint density at radius 2 is 1.78 bits per heavy atom. The molecule has 5 rings (SSSR count). The van der Waals surface area contributed by atoms with Gasteiger partial charge in [0.2, 0.25) is 0 Å². The first-order valence-corrected chi connectivity index (χ1v) is 9.25. The van der Waals surface area contributed by atoms with Crippen molar-refractivity contribution in [3.05, 3.63) is 72.6 Å². The molecule has 5 heteroatoms. The summed E-state index contributed by atoms with van der Waals surface area (Å²) in [6.07, 6.45) is 3.00. The van der Waals surface area contributed by atoms with Gasteiger partial charge in [-0.1, -0.05) is 18.2 Å². The van der Waals surface area contributed by atoms with Gasteiger partial charge in [0, 0.05) is 29.1 Å². The van der Waals surface area contributed by atoms with E-state index in [0.29, 0.717) is 5.92 Å². The molecule has 4 aromatic rings. The van der Waals surface area contributed by atoms with Gasteiger partial charge in [-0.15, -0.1) is 0 Å². The highest BCUT2D eigenvalue weighted by atomic mass is 16.5. The molecule has 0 radical (unpaired) electrons. The standard InChI is InChI=1S/C22H20N4O/c1-2-4-18(5-3-1)27-19-8-6-15(7-9-19)21-22-17(14-24-26-22)12-20(25-21)16-10-11-23-13-16/h1-9,12,14,16,23H,10-11,13H2,(H,24,26). The van der Waals surface area contributed by atoms with Gasteiger partial charge >= 0.3 is 0 Å². The second kappa shape index (κ2) is 6.85. The molecule has 0 aliphatic carbocycles. The Bertz CT molecular complexity index is 1050. The second-order valence-electron chi connectivity index (χ2n) is 6.86. The van der Waals surface area contributed by atoms with Crippen molar-refractivity contribution >= 4 is 10.9 Å². The average molecular weight is 356 g/mol. The molecule has 3 heterocycles. The summed E-state index contributed by atoms with van der Waals surface area (Å²) in [6.45, 7) is 2.04. The molecule has 0 bridgehead atoms. The first-order valence-electron chi connectivity index (χ1n) is 9.25. The highest BCUT2D eigenvalue weighted by Crippen LogP contribution is 2.31. The van der Waals surface area contributed by atoms with E-state index >= 15 is 0 Å². The van der Waals surface area contributed by atoms with Gasteiger partial charge in [0.05, 0.1) is 17.4 Å². The Hall–Kier alpha value is -3.18. The van der Waals surface area contributed by atoms with Gasteiger partial charge in [0.15, 0.2) is 0 Å². The number of benzene rings is 2. The molecule has 2 aromatic carbocycles. The lowest BCUT2D eigenvalue weighted by molar-refractivity contribution is 0.483. The minimum atomic E-state index is 0.462. The van der Waals surface area contributed by atoms with Gasteiger partial charge in [-0.05, 0) is 55.4 Å². The summed E-state index contributed by atoms with van der Waals surface area (Å²) < 4.78 is 5.90. The van der Waals surface area contributed by atoms with E-state index in [1.807, 2.05) is 48.7 Å². The summed E-state index contributed by atoms with van der Waals surface area (Å²) >= 11 is 0. The third-order valence-corrected chi connectivity index (χ3v) is 5.04. The van der Waals surface area contributed by atoms with Crippen molar-refractivity contribution in [1.82, 2.24) is 20.5 Å². The van der Waals surface area contributed by atoms with E-state index in [4.69, 9.17) is 9.72 Å². The van der Waals surface area contributed by atoms with Gasteiger partial charge in [-0.3, -0.25) is 10.1 Å². The number of nitrogens with zero attached hydrogens (tertiary/aromatic N) is 2. The molecular weight excluding hydrogens is 336 g/mol. The fraction of sp³-hybridized carbons (Fsp3) is 0.182. The molecule has 1 saturated heterocycles. The summed E-state index contributed by atoms with van der Waals surface area (Å²) in [6, 6.07) is 20.0. The summed E-state index contributed by atoms with van der Waals surface area (Å²) in [5.74, 6) is 2.10. The Kier molecular flexibility index (Phi) is 4.07. The fourth-order valence-corrected chi connectivity index (χ4v) is 3.60. The number of para-hydroxylation sites is 1. The number of nitrogens with one attached hydrogen (secondary N) is 2. The van der Waals surface area contributed by atoms with Crippen LogP contribution in [0.3, 0.4) is 0 Å². The van der Waals surface area contributed by atoms with Crippen molar-refractivity contribution < 1.29 is 4.74 Å². The monoisotopic (exact) mass is 356 g/mol. The van der Waals surface area contributed by atoms with Crippen molar-refractivity contribution in [3.63, 3.8) is 0 Å². The molecule has 1 atom stereocenters. The van der Waals surface area contributed by atoms with Crippen LogP contribution >= 0.6 is 0 Å². The molecule has 2 N–H and O–H groups in total. The van der Waals surface area contributed by atoms with E-state index < -0.39 is 0 Å². The maximum absolute atomic E-state index is 5.90. The lowest BCUT2D eigenvalue weighted by Gasteiger charge is -2.12. The normalized spacial score (nSPS) is 16.7. The molecule has 134 valence electrons. The summed E-state index contributed by atoms with van der Waals surface area (Å²) in [4.78, 5) is 4.99. The van der Waals surface area contributed by atoms with Crippen LogP contribution in [-0.4, -0.2) is 28.3 Å². The third kappa shape index (κ3) is 3.17. The lowest BCUT2D eigenvalue weighted by Crippen LogP contribution is -2.09. The molecule has 1 fully saturated rings. The second-order valence-corrected chi connectivity index (χ2v) is 6.86. The van der Waals surface area contributed by atoms with Crippen LogP contribution < -0.4 is 10.1 Å². The summed E-state index contributed by atoms with van der Waals surface area (Å²) in [5.41, 5.74) is 4.10. The van der Waals surface area contributed by atoms with E-state index in [1.165, 1.54) is 0 Å². The summed E-state index contributed by atoms with van der Waals surface area (Å²) in [5, 5.41) is 11.8. The molecule has 5 nitrogen and oxygen atoms in total. The molecule has 2 aromatic heterocycles. The number of fused-ring (bicyclic) bond motifs is 1. The fourth-order valence-electron chi connectivity index (χ4n) is 3.60. The number of ether oxygens (including phenoxy) is 1. The van der Waals surface area contributed by atoms with Crippen molar-refractivity contribution in [1.29, 1.82) is 0 Å². The van der Waals surface area contributed by atoms with Crippen molar-refractivity contribution in [2.45, 2.75) is 12.3 Å². The highest BCUT2D eigenvalue weighted by Gasteiger charge is 2.20. The minimum absolute atomic E-state index is 0.462. The number of H-pyrrole nitrogens is 1. The molecule has 1 aliphatic rings. The van der Waals surface area contributed by atoms with Crippen LogP contribution in [0.1, 0.15) is 18.0 Å². The number of pyridine rings is 1. The van der Waals surface area contributed by atoms with Crippen LogP contribution in [0.2, 0.25) is 0 Å². The molecule has 0 amide bonds. The van der Waals surface area contributed by atoms with Crippen LogP contribution in [0, 0.1) is 0 Å². The maximum Gasteiger partial charge on any atom is 0.127 e. The first kappa shape index (κ1) is 16.0. The number of hydrogen-bond donors (Lipinski definition) is 2. The number of aromatic amines is 1. The zero-order valence-electron chi connectivity index (χ0n) is 14.9. The van der Waals surface area contributed by atoms with E-state index in [0.717, 1.165) is 58.9 Å². The molecule has 1 aliphatic heterocycles. The quantitative estimate of drug-likeness (QED) is 0.565. The Balaban J connectivity index is 1.50. The van der Waals surface area contributed by atoms with Gasteiger partial charge in [-0.2, -0.15) is 5.10 Å². The summed E-state index contributed by atoms with van der Waals surface area (Å²) in [7, 11) is 0. The van der Waals surface area contributed by atoms with Crippen molar-refractivity contribution in [3.8, 4) is 22.8 Å². The Morgan fingerprint density at radius 1 is 0.963 bits per heavy atom. The molecule has 27 heavy (non-hydrogen) atoms. The van der Waals surface area contributed by atoms with E-state index in [9.17, 15) is 0 Å². The van der Waals surface area contributed by atoms with Gasteiger partial charge < -0.3 is 10.1 Å².